The van der Waals surface area contributed by atoms with Gasteiger partial charge in [-0.25, -0.2) is 4.98 Å². The Hall–Kier alpha value is -1.04. The van der Waals surface area contributed by atoms with Crippen LogP contribution in [0.15, 0.2) is 12.5 Å². The van der Waals surface area contributed by atoms with Gasteiger partial charge in [-0.15, -0.1) is 0 Å². The highest BCUT2D eigenvalue weighted by Gasteiger charge is 2.32. The smallest absolute Gasteiger partial charge is 0.331 e. The third kappa shape index (κ3) is 3.23. The van der Waals surface area contributed by atoms with Crippen LogP contribution in [0, 0.1) is 0 Å². The first-order valence-corrected chi connectivity index (χ1v) is 4.65. The average molecular weight is 221 g/mol. The summed E-state index contributed by atoms with van der Waals surface area (Å²) in [5, 5.41) is 0. The lowest BCUT2D eigenvalue weighted by atomic mass is 10.1. The maximum absolute atomic E-state index is 12.1. The summed E-state index contributed by atoms with van der Waals surface area (Å²) in [7, 11) is 0. The van der Waals surface area contributed by atoms with Gasteiger partial charge in [-0.1, -0.05) is 0 Å². The number of halogens is 3. The van der Waals surface area contributed by atoms with Gasteiger partial charge in [0, 0.05) is 12.2 Å². The first-order valence-electron chi connectivity index (χ1n) is 4.65. The van der Waals surface area contributed by atoms with Crippen LogP contribution in [0.3, 0.4) is 0 Å². The van der Waals surface area contributed by atoms with E-state index in [-0.39, 0.29) is 6.04 Å². The summed E-state index contributed by atoms with van der Waals surface area (Å²) in [6.07, 6.45) is -2.39. The molecule has 86 valence electrons. The minimum Gasteiger partial charge on any atom is -0.331 e. The van der Waals surface area contributed by atoms with Crippen molar-refractivity contribution in [1.29, 1.82) is 0 Å². The fraction of sp³-hybridized carbons (Fsp3) is 0.667. The molecule has 1 atom stereocenters. The highest BCUT2D eigenvalue weighted by atomic mass is 19.4. The van der Waals surface area contributed by atoms with Gasteiger partial charge in [0.15, 0.2) is 0 Å². The van der Waals surface area contributed by atoms with E-state index in [1.807, 2.05) is 13.8 Å². The predicted molar refractivity (Wildman–Crippen MR) is 50.2 cm³/mol. The molecule has 6 heteroatoms. The summed E-state index contributed by atoms with van der Waals surface area (Å²) in [4.78, 5) is 3.81. The molecular weight excluding hydrogens is 207 g/mol. The van der Waals surface area contributed by atoms with E-state index < -0.39 is 18.6 Å². The second kappa shape index (κ2) is 4.22. The number of aromatic nitrogens is 2. The Kier molecular flexibility index (Phi) is 3.38. The quantitative estimate of drug-likeness (QED) is 0.851. The molecule has 0 aromatic carbocycles. The van der Waals surface area contributed by atoms with E-state index in [1.54, 1.807) is 4.57 Å². The maximum atomic E-state index is 12.1. The van der Waals surface area contributed by atoms with Crippen LogP contribution in [0.1, 0.15) is 38.0 Å². The molecule has 0 spiro atoms. The standard InChI is InChI=1S/C9H14F3N3/c1-6(2)15-5-14-4-8(15)7(13)3-9(10,11)12/h4-7H,3,13H2,1-2H3. The number of imidazole rings is 1. The molecule has 3 nitrogen and oxygen atoms in total. The zero-order chi connectivity index (χ0) is 11.6. The van der Waals surface area contributed by atoms with Crippen molar-refractivity contribution in [2.45, 2.75) is 38.5 Å². The molecule has 0 amide bonds. The molecule has 0 saturated heterocycles. The van der Waals surface area contributed by atoms with Crippen molar-refractivity contribution in [3.63, 3.8) is 0 Å². The van der Waals surface area contributed by atoms with Crippen LogP contribution >= 0.6 is 0 Å². The Morgan fingerprint density at radius 3 is 2.53 bits per heavy atom. The third-order valence-corrected chi connectivity index (χ3v) is 2.08. The Bertz CT molecular complexity index is 317. The predicted octanol–water partition coefficient (Wildman–Crippen LogP) is 2.42. The first kappa shape index (κ1) is 12.0. The molecule has 1 rings (SSSR count). The molecule has 0 bridgehead atoms. The normalized spacial score (nSPS) is 14.6. The van der Waals surface area contributed by atoms with Gasteiger partial charge < -0.3 is 10.3 Å². The zero-order valence-corrected chi connectivity index (χ0v) is 8.62. The van der Waals surface area contributed by atoms with Crippen molar-refractivity contribution in [2.75, 3.05) is 0 Å². The maximum Gasteiger partial charge on any atom is 0.390 e. The molecule has 0 radical (unpaired) electrons. The summed E-state index contributed by atoms with van der Waals surface area (Å²) in [5.74, 6) is 0. The Morgan fingerprint density at radius 1 is 1.47 bits per heavy atom. The number of nitrogens with zero attached hydrogens (tertiary/aromatic N) is 2. The van der Waals surface area contributed by atoms with Crippen LogP contribution in [0.2, 0.25) is 0 Å². The van der Waals surface area contributed by atoms with Gasteiger partial charge in [0.1, 0.15) is 0 Å². The highest BCUT2D eigenvalue weighted by molar-refractivity contribution is 5.06. The van der Waals surface area contributed by atoms with Gasteiger partial charge in [-0.2, -0.15) is 13.2 Å². The number of hydrogen-bond acceptors (Lipinski definition) is 2. The fourth-order valence-corrected chi connectivity index (χ4v) is 1.39. The Balaban J connectivity index is 2.82. The SMILES string of the molecule is CC(C)n1cncc1C(N)CC(F)(F)F. The molecule has 1 unspecified atom stereocenters. The lowest BCUT2D eigenvalue weighted by molar-refractivity contribution is -0.138. The summed E-state index contributed by atoms with van der Waals surface area (Å²) >= 11 is 0. The van der Waals surface area contributed by atoms with E-state index in [0.29, 0.717) is 5.69 Å². The molecule has 2 N–H and O–H groups in total. The van der Waals surface area contributed by atoms with Gasteiger partial charge in [-0.3, -0.25) is 0 Å². The summed E-state index contributed by atoms with van der Waals surface area (Å²) < 4.78 is 38.0. The van der Waals surface area contributed by atoms with Gasteiger partial charge in [0.05, 0.1) is 24.5 Å². The minimum absolute atomic E-state index is 0.0572. The van der Waals surface area contributed by atoms with Crippen molar-refractivity contribution in [2.24, 2.45) is 5.73 Å². The van der Waals surface area contributed by atoms with E-state index in [9.17, 15) is 13.2 Å². The van der Waals surface area contributed by atoms with Crippen molar-refractivity contribution < 1.29 is 13.2 Å². The molecular formula is C9H14F3N3. The third-order valence-electron chi connectivity index (χ3n) is 2.08. The van der Waals surface area contributed by atoms with E-state index in [4.69, 9.17) is 5.73 Å². The van der Waals surface area contributed by atoms with E-state index in [0.717, 1.165) is 0 Å². The lowest BCUT2D eigenvalue weighted by Crippen LogP contribution is -2.23. The second-order valence-electron chi connectivity index (χ2n) is 3.75. The number of rotatable bonds is 3. The molecule has 1 aromatic rings. The van der Waals surface area contributed by atoms with E-state index in [1.165, 1.54) is 12.5 Å². The van der Waals surface area contributed by atoms with Crippen LogP contribution in [0.25, 0.3) is 0 Å². The van der Waals surface area contributed by atoms with Gasteiger partial charge in [0.25, 0.3) is 0 Å². The van der Waals surface area contributed by atoms with Crippen molar-refractivity contribution in [3.8, 4) is 0 Å². The lowest BCUT2D eigenvalue weighted by Gasteiger charge is -2.18. The van der Waals surface area contributed by atoms with Gasteiger partial charge >= 0.3 is 6.18 Å². The van der Waals surface area contributed by atoms with E-state index >= 15 is 0 Å². The molecule has 1 aromatic heterocycles. The second-order valence-corrected chi connectivity index (χ2v) is 3.75. The molecule has 1 heterocycles. The topological polar surface area (TPSA) is 43.8 Å². The fourth-order valence-electron chi connectivity index (χ4n) is 1.39. The number of hydrogen-bond donors (Lipinski definition) is 1. The largest absolute Gasteiger partial charge is 0.390 e. The van der Waals surface area contributed by atoms with Gasteiger partial charge in [0.2, 0.25) is 0 Å². The Morgan fingerprint density at radius 2 is 2.07 bits per heavy atom. The van der Waals surface area contributed by atoms with Crippen LogP contribution in [-0.2, 0) is 0 Å². The van der Waals surface area contributed by atoms with Crippen LogP contribution in [0.5, 0.6) is 0 Å². The monoisotopic (exact) mass is 221 g/mol. The average Bonchev–Trinajstić information content (AvgIpc) is 2.47. The van der Waals surface area contributed by atoms with Gasteiger partial charge in [-0.05, 0) is 13.8 Å². The molecule has 0 saturated carbocycles. The number of alkyl halides is 3. The first-order chi connectivity index (χ1) is 6.81. The summed E-state index contributed by atoms with van der Waals surface area (Å²) in [6, 6.07) is -0.989. The van der Waals surface area contributed by atoms with Crippen molar-refractivity contribution in [1.82, 2.24) is 9.55 Å². The van der Waals surface area contributed by atoms with Crippen LogP contribution in [0.4, 0.5) is 13.2 Å². The summed E-state index contributed by atoms with van der Waals surface area (Å²) in [6.45, 7) is 3.73. The highest BCUT2D eigenvalue weighted by Crippen LogP contribution is 2.28. The molecule has 0 aliphatic heterocycles. The minimum atomic E-state index is -4.24. The van der Waals surface area contributed by atoms with Crippen LogP contribution in [-0.4, -0.2) is 15.7 Å². The number of nitrogens with two attached hydrogens (primary N) is 1. The van der Waals surface area contributed by atoms with Crippen molar-refractivity contribution >= 4 is 0 Å². The molecule has 0 fully saturated rings. The Labute approximate surface area is 86.1 Å². The molecule has 0 aliphatic carbocycles. The summed E-state index contributed by atoms with van der Waals surface area (Å²) in [5.41, 5.74) is 5.90. The van der Waals surface area contributed by atoms with E-state index in [2.05, 4.69) is 4.98 Å². The van der Waals surface area contributed by atoms with Crippen LogP contribution < -0.4 is 5.73 Å². The molecule has 0 aliphatic rings. The zero-order valence-electron chi connectivity index (χ0n) is 8.62. The molecule has 15 heavy (non-hydrogen) atoms. The van der Waals surface area contributed by atoms with Crippen molar-refractivity contribution in [3.05, 3.63) is 18.2 Å².